The molecule has 0 fully saturated rings. The average Bonchev–Trinajstić information content (AvgIpc) is 2.64. The third-order valence-electron chi connectivity index (χ3n) is 3.11. The van der Waals surface area contributed by atoms with Crippen molar-refractivity contribution in [3.63, 3.8) is 0 Å². The summed E-state index contributed by atoms with van der Waals surface area (Å²) in [6, 6.07) is 11.2. The van der Waals surface area contributed by atoms with Crippen LogP contribution in [0, 0.1) is 0 Å². The van der Waals surface area contributed by atoms with Gasteiger partial charge >= 0.3 is 5.97 Å². The maximum Gasteiger partial charge on any atom is 0.337 e. The standard InChI is InChI=1S/C17H14Br2N2O5/c1-25-17(24)11-4-2-3-10(7-11)16(23)21-20-15(22)9-26-14-6-5-12(18)8-13(14)19/h2-8H,9H2,1H3,(H,20,22)(H,21,23). The minimum Gasteiger partial charge on any atom is -0.483 e. The van der Waals surface area contributed by atoms with Crippen LogP contribution < -0.4 is 15.6 Å². The first kappa shape index (κ1) is 19.9. The Bertz CT molecular complexity index is 842. The van der Waals surface area contributed by atoms with Gasteiger partial charge in [0.2, 0.25) is 0 Å². The number of hydrogen-bond acceptors (Lipinski definition) is 5. The van der Waals surface area contributed by atoms with Gasteiger partial charge in [0.25, 0.3) is 11.8 Å². The van der Waals surface area contributed by atoms with Crippen LogP contribution in [0.3, 0.4) is 0 Å². The molecule has 0 atom stereocenters. The number of esters is 1. The molecule has 2 aromatic carbocycles. The van der Waals surface area contributed by atoms with Crippen LogP contribution in [0.4, 0.5) is 0 Å². The highest BCUT2D eigenvalue weighted by Gasteiger charge is 2.12. The number of halogens is 2. The number of amides is 2. The fourth-order valence-electron chi connectivity index (χ4n) is 1.88. The number of hydrazine groups is 1. The minimum atomic E-state index is -0.575. The first-order valence-electron chi connectivity index (χ1n) is 7.26. The molecular weight excluding hydrogens is 472 g/mol. The molecule has 2 amide bonds. The van der Waals surface area contributed by atoms with E-state index in [0.717, 1.165) is 4.47 Å². The predicted molar refractivity (Wildman–Crippen MR) is 101 cm³/mol. The van der Waals surface area contributed by atoms with E-state index in [9.17, 15) is 14.4 Å². The average molecular weight is 486 g/mol. The molecule has 136 valence electrons. The topological polar surface area (TPSA) is 93.7 Å². The number of nitrogens with one attached hydrogen (secondary N) is 2. The first-order valence-corrected chi connectivity index (χ1v) is 8.84. The molecule has 7 nitrogen and oxygen atoms in total. The normalized spacial score (nSPS) is 9.96. The SMILES string of the molecule is COC(=O)c1cccc(C(=O)NNC(=O)COc2ccc(Br)cc2Br)c1. The maximum absolute atomic E-state index is 12.0. The van der Waals surface area contributed by atoms with Gasteiger partial charge in [-0.05, 0) is 52.3 Å². The van der Waals surface area contributed by atoms with Crippen LogP contribution in [-0.2, 0) is 9.53 Å². The molecule has 0 saturated carbocycles. The Morgan fingerprint density at radius 1 is 1.00 bits per heavy atom. The number of rotatable bonds is 5. The van der Waals surface area contributed by atoms with Crippen molar-refractivity contribution >= 4 is 49.6 Å². The van der Waals surface area contributed by atoms with Crippen LogP contribution in [0.15, 0.2) is 51.4 Å². The quantitative estimate of drug-likeness (QED) is 0.501. The molecule has 0 heterocycles. The molecule has 0 unspecified atom stereocenters. The van der Waals surface area contributed by atoms with Gasteiger partial charge in [0.05, 0.1) is 17.1 Å². The van der Waals surface area contributed by atoms with E-state index in [1.54, 1.807) is 18.2 Å². The second kappa shape index (κ2) is 9.35. The number of carbonyl (C=O) groups is 3. The lowest BCUT2D eigenvalue weighted by molar-refractivity contribution is -0.123. The highest BCUT2D eigenvalue weighted by molar-refractivity contribution is 9.11. The predicted octanol–water partition coefficient (Wildman–Crippen LogP) is 2.84. The molecule has 0 spiro atoms. The minimum absolute atomic E-state index is 0.199. The summed E-state index contributed by atoms with van der Waals surface area (Å²) >= 11 is 6.64. The molecule has 26 heavy (non-hydrogen) atoms. The van der Waals surface area contributed by atoms with Crippen molar-refractivity contribution in [1.29, 1.82) is 0 Å². The largest absolute Gasteiger partial charge is 0.483 e. The summed E-state index contributed by atoms with van der Waals surface area (Å²) in [4.78, 5) is 35.3. The van der Waals surface area contributed by atoms with Crippen molar-refractivity contribution in [3.8, 4) is 5.75 Å². The van der Waals surface area contributed by atoms with Crippen molar-refractivity contribution in [2.45, 2.75) is 0 Å². The van der Waals surface area contributed by atoms with Gasteiger partial charge in [0, 0.05) is 10.0 Å². The van der Waals surface area contributed by atoms with Gasteiger partial charge in [-0.2, -0.15) is 0 Å². The molecule has 2 aromatic rings. The third kappa shape index (κ3) is 5.57. The fourth-order valence-corrected chi connectivity index (χ4v) is 3.04. The molecule has 9 heteroatoms. The van der Waals surface area contributed by atoms with E-state index in [4.69, 9.17) is 4.74 Å². The second-order valence-electron chi connectivity index (χ2n) is 4.94. The van der Waals surface area contributed by atoms with Gasteiger partial charge in [-0.3, -0.25) is 20.4 Å². The van der Waals surface area contributed by atoms with Crippen LogP contribution in [0.25, 0.3) is 0 Å². The molecule has 2 rings (SSSR count). The smallest absolute Gasteiger partial charge is 0.337 e. The lowest BCUT2D eigenvalue weighted by Gasteiger charge is -2.10. The highest BCUT2D eigenvalue weighted by Crippen LogP contribution is 2.28. The number of methoxy groups -OCH3 is 1. The van der Waals surface area contributed by atoms with Gasteiger partial charge < -0.3 is 9.47 Å². The van der Waals surface area contributed by atoms with Crippen molar-refractivity contribution < 1.29 is 23.9 Å². The van der Waals surface area contributed by atoms with Crippen LogP contribution >= 0.6 is 31.9 Å². The summed E-state index contributed by atoms with van der Waals surface area (Å²) in [5.41, 5.74) is 4.92. The molecule has 0 aromatic heterocycles. The van der Waals surface area contributed by atoms with E-state index >= 15 is 0 Å². The molecule has 0 saturated heterocycles. The lowest BCUT2D eigenvalue weighted by atomic mass is 10.1. The van der Waals surface area contributed by atoms with Crippen LogP contribution in [0.5, 0.6) is 5.75 Å². The zero-order valence-electron chi connectivity index (χ0n) is 13.5. The Morgan fingerprint density at radius 2 is 1.73 bits per heavy atom. The van der Waals surface area contributed by atoms with E-state index in [2.05, 4.69) is 47.4 Å². The van der Waals surface area contributed by atoms with E-state index in [1.807, 2.05) is 0 Å². The molecule has 0 aliphatic carbocycles. The summed E-state index contributed by atoms with van der Waals surface area (Å²) in [6.45, 7) is -0.289. The molecule has 2 N–H and O–H groups in total. The molecule has 0 bridgehead atoms. The van der Waals surface area contributed by atoms with Crippen LogP contribution in [0.1, 0.15) is 20.7 Å². The van der Waals surface area contributed by atoms with E-state index in [0.29, 0.717) is 10.2 Å². The van der Waals surface area contributed by atoms with Gasteiger partial charge in [0.1, 0.15) is 5.75 Å². The van der Waals surface area contributed by atoms with Crippen molar-refractivity contribution in [2.75, 3.05) is 13.7 Å². The molecular formula is C17H14Br2N2O5. The number of benzene rings is 2. The van der Waals surface area contributed by atoms with Gasteiger partial charge in [-0.25, -0.2) is 4.79 Å². The number of carbonyl (C=O) groups excluding carboxylic acids is 3. The summed E-state index contributed by atoms with van der Waals surface area (Å²) in [5.74, 6) is -1.19. The Labute approximate surface area is 166 Å². The van der Waals surface area contributed by atoms with Gasteiger partial charge in [-0.15, -0.1) is 0 Å². The Hall–Kier alpha value is -2.39. The van der Waals surface area contributed by atoms with E-state index < -0.39 is 17.8 Å². The fraction of sp³-hybridized carbons (Fsp3) is 0.118. The van der Waals surface area contributed by atoms with Crippen LogP contribution in [-0.4, -0.2) is 31.5 Å². The summed E-state index contributed by atoms with van der Waals surface area (Å²) in [7, 11) is 1.25. The maximum atomic E-state index is 12.0. The van der Waals surface area contributed by atoms with Gasteiger partial charge in [0.15, 0.2) is 6.61 Å². The molecule has 0 aliphatic rings. The highest BCUT2D eigenvalue weighted by atomic mass is 79.9. The Morgan fingerprint density at radius 3 is 2.42 bits per heavy atom. The monoisotopic (exact) mass is 484 g/mol. The number of ether oxygens (including phenoxy) is 2. The molecule has 0 aliphatic heterocycles. The van der Waals surface area contributed by atoms with Crippen molar-refractivity contribution in [2.24, 2.45) is 0 Å². The zero-order valence-corrected chi connectivity index (χ0v) is 16.7. The second-order valence-corrected chi connectivity index (χ2v) is 6.71. The first-order chi connectivity index (χ1) is 12.4. The lowest BCUT2D eigenvalue weighted by Crippen LogP contribution is -2.43. The number of hydrogen-bond donors (Lipinski definition) is 2. The van der Waals surface area contributed by atoms with E-state index in [-0.39, 0.29) is 17.7 Å². The Balaban J connectivity index is 1.87. The summed E-state index contributed by atoms with van der Waals surface area (Å²) in [6.07, 6.45) is 0. The van der Waals surface area contributed by atoms with Gasteiger partial charge in [-0.1, -0.05) is 22.0 Å². The zero-order chi connectivity index (χ0) is 19.1. The Kier molecular flexibility index (Phi) is 7.16. The summed E-state index contributed by atoms with van der Waals surface area (Å²) in [5, 5.41) is 0. The summed E-state index contributed by atoms with van der Waals surface area (Å²) < 4.78 is 11.5. The third-order valence-corrected chi connectivity index (χ3v) is 4.23. The van der Waals surface area contributed by atoms with E-state index in [1.165, 1.54) is 31.4 Å². The van der Waals surface area contributed by atoms with Crippen molar-refractivity contribution in [3.05, 3.63) is 62.5 Å². The van der Waals surface area contributed by atoms with Crippen molar-refractivity contribution in [1.82, 2.24) is 10.9 Å². The molecule has 0 radical (unpaired) electrons. The van der Waals surface area contributed by atoms with Crippen LogP contribution in [0.2, 0.25) is 0 Å².